The molecule has 1 N–H and O–H groups in total. The van der Waals surface area contributed by atoms with Crippen molar-refractivity contribution in [3.05, 3.63) is 101 Å². The summed E-state index contributed by atoms with van der Waals surface area (Å²) in [6.07, 6.45) is 1.92. The number of amides is 1. The van der Waals surface area contributed by atoms with Crippen LogP contribution in [0.15, 0.2) is 91.0 Å². The Balaban J connectivity index is 1.33. The van der Waals surface area contributed by atoms with E-state index in [0.717, 1.165) is 93.8 Å². The van der Waals surface area contributed by atoms with Crippen molar-refractivity contribution < 1.29 is 14.7 Å². The highest BCUT2D eigenvalue weighted by Crippen LogP contribution is 2.45. The Hall–Kier alpha value is -4.79. The number of carbonyl (C=O) groups is 2. The number of aromatic carboxylic acids is 1. The third kappa shape index (κ3) is 6.02. The lowest BCUT2D eigenvalue weighted by Gasteiger charge is -2.37. The summed E-state index contributed by atoms with van der Waals surface area (Å²) >= 11 is 1.27. The fourth-order valence-corrected chi connectivity index (χ4v) is 8.25. The molecule has 1 saturated heterocycles. The van der Waals surface area contributed by atoms with Crippen molar-refractivity contribution in [3.63, 3.8) is 0 Å². The molecule has 3 aromatic carbocycles. The van der Waals surface area contributed by atoms with Gasteiger partial charge in [-0.15, -0.1) is 11.3 Å². The van der Waals surface area contributed by atoms with E-state index in [1.165, 1.54) is 16.9 Å². The molecule has 4 heterocycles. The number of rotatable bonds is 9. The van der Waals surface area contributed by atoms with Gasteiger partial charge in [-0.3, -0.25) is 4.79 Å². The van der Waals surface area contributed by atoms with Crippen molar-refractivity contribution in [1.82, 2.24) is 19.4 Å². The number of hydrogen-bond acceptors (Lipinski definition) is 5. The minimum Gasteiger partial charge on any atom is -0.477 e. The van der Waals surface area contributed by atoms with Gasteiger partial charge in [0.1, 0.15) is 11.4 Å². The molecule has 3 aromatic heterocycles. The van der Waals surface area contributed by atoms with Gasteiger partial charge < -0.3 is 19.5 Å². The SMILES string of the molecule is CCN(CC)C1CCN(C(=O)Cn2c(-c3ccc4nc(-c5ccc(C)cc5)ccc4c3)c(-c3ccccc3)c3sc(C(=O)O)cc32)CC1. The summed E-state index contributed by atoms with van der Waals surface area (Å²) in [5, 5.41) is 11.0. The van der Waals surface area contributed by atoms with Crippen LogP contribution < -0.4 is 0 Å². The molecule has 8 heteroatoms. The van der Waals surface area contributed by atoms with E-state index in [2.05, 4.69) is 90.9 Å². The van der Waals surface area contributed by atoms with Crippen molar-refractivity contribution in [1.29, 1.82) is 0 Å². The molecule has 1 fully saturated rings. The number of piperidine rings is 1. The molecule has 0 saturated carbocycles. The fraction of sp³-hybridized carbons (Fsp3) is 0.275. The summed E-state index contributed by atoms with van der Waals surface area (Å²) in [6, 6.07) is 31.1. The van der Waals surface area contributed by atoms with Crippen molar-refractivity contribution >= 4 is 44.3 Å². The molecular weight excluding hydrogens is 617 g/mol. The van der Waals surface area contributed by atoms with E-state index in [4.69, 9.17) is 4.98 Å². The summed E-state index contributed by atoms with van der Waals surface area (Å²) in [5.41, 5.74) is 8.65. The first kappa shape index (κ1) is 31.8. The first-order valence-electron chi connectivity index (χ1n) is 16.8. The number of pyridine rings is 1. The van der Waals surface area contributed by atoms with E-state index < -0.39 is 5.97 Å². The molecule has 7 rings (SSSR count). The van der Waals surface area contributed by atoms with E-state index in [1.807, 2.05) is 29.2 Å². The molecule has 0 unspecified atom stereocenters. The van der Waals surface area contributed by atoms with Crippen LogP contribution in [0, 0.1) is 6.92 Å². The van der Waals surface area contributed by atoms with E-state index in [1.54, 1.807) is 6.07 Å². The number of fused-ring (bicyclic) bond motifs is 2. The third-order valence-electron chi connectivity index (χ3n) is 9.76. The maximum Gasteiger partial charge on any atom is 0.345 e. The highest BCUT2D eigenvalue weighted by Gasteiger charge is 2.29. The Kier molecular flexibility index (Phi) is 8.86. The lowest BCUT2D eigenvalue weighted by molar-refractivity contribution is -0.133. The van der Waals surface area contributed by atoms with Gasteiger partial charge in [-0.2, -0.15) is 0 Å². The number of nitrogens with zero attached hydrogens (tertiary/aromatic N) is 4. The predicted molar refractivity (Wildman–Crippen MR) is 196 cm³/mol. The molecule has 1 amide bonds. The van der Waals surface area contributed by atoms with Crippen molar-refractivity contribution in [2.45, 2.75) is 46.2 Å². The van der Waals surface area contributed by atoms with Crippen molar-refractivity contribution in [2.75, 3.05) is 26.2 Å². The second kappa shape index (κ2) is 13.4. The monoisotopic (exact) mass is 656 g/mol. The van der Waals surface area contributed by atoms with Crippen LogP contribution in [0.2, 0.25) is 0 Å². The largest absolute Gasteiger partial charge is 0.477 e. The van der Waals surface area contributed by atoms with Crippen molar-refractivity contribution in [3.8, 4) is 33.6 Å². The average molecular weight is 657 g/mol. The first-order chi connectivity index (χ1) is 23.3. The minimum atomic E-state index is -0.964. The zero-order valence-electron chi connectivity index (χ0n) is 27.6. The maximum absolute atomic E-state index is 14.1. The van der Waals surface area contributed by atoms with Crippen LogP contribution in [0.1, 0.15) is 41.9 Å². The zero-order valence-corrected chi connectivity index (χ0v) is 28.5. The van der Waals surface area contributed by atoms with Gasteiger partial charge in [0.25, 0.3) is 0 Å². The average Bonchev–Trinajstić information content (AvgIpc) is 3.68. The van der Waals surface area contributed by atoms with E-state index in [0.29, 0.717) is 6.04 Å². The van der Waals surface area contributed by atoms with E-state index in [-0.39, 0.29) is 17.3 Å². The molecule has 0 spiro atoms. The first-order valence-corrected chi connectivity index (χ1v) is 17.6. The molecule has 0 aliphatic carbocycles. The Morgan fingerprint density at radius 1 is 0.875 bits per heavy atom. The summed E-state index contributed by atoms with van der Waals surface area (Å²) in [4.78, 5) is 36.0. The molecule has 0 radical (unpaired) electrons. The number of carboxylic acid groups (broad SMARTS) is 1. The third-order valence-corrected chi connectivity index (χ3v) is 10.9. The van der Waals surface area contributed by atoms with Crippen LogP contribution >= 0.6 is 11.3 Å². The van der Waals surface area contributed by atoms with Gasteiger partial charge in [0, 0.05) is 35.6 Å². The Morgan fingerprint density at radius 3 is 2.27 bits per heavy atom. The highest BCUT2D eigenvalue weighted by molar-refractivity contribution is 7.21. The van der Waals surface area contributed by atoms with Crippen LogP contribution in [0.4, 0.5) is 0 Å². The number of carbonyl (C=O) groups excluding carboxylic acids is 1. The summed E-state index contributed by atoms with van der Waals surface area (Å²) in [6.45, 7) is 10.1. The Morgan fingerprint density at radius 2 is 1.58 bits per heavy atom. The second-order valence-electron chi connectivity index (χ2n) is 12.6. The van der Waals surface area contributed by atoms with Crippen LogP contribution in [0.25, 0.3) is 54.8 Å². The summed E-state index contributed by atoms with van der Waals surface area (Å²) in [5.74, 6) is -0.909. The minimum absolute atomic E-state index is 0.0547. The molecule has 0 atom stereocenters. The number of likely N-dealkylation sites (tertiary alicyclic amines) is 1. The lowest BCUT2D eigenvalue weighted by Crippen LogP contribution is -2.47. The predicted octanol–water partition coefficient (Wildman–Crippen LogP) is 8.59. The summed E-state index contributed by atoms with van der Waals surface area (Å²) < 4.78 is 2.92. The second-order valence-corrected chi connectivity index (χ2v) is 13.7. The molecule has 1 aliphatic heterocycles. The molecule has 0 bridgehead atoms. The van der Waals surface area contributed by atoms with Crippen LogP contribution in [0.3, 0.4) is 0 Å². The van der Waals surface area contributed by atoms with Gasteiger partial charge in [-0.05, 0) is 68.2 Å². The van der Waals surface area contributed by atoms with Crippen LogP contribution in [0.5, 0.6) is 0 Å². The normalized spacial score (nSPS) is 14.0. The molecular formula is C40H40N4O3S. The van der Waals surface area contributed by atoms with E-state index in [9.17, 15) is 14.7 Å². The number of hydrogen-bond donors (Lipinski definition) is 1. The molecule has 48 heavy (non-hydrogen) atoms. The standard InChI is InChI=1S/C40H40N4O3S/c1-4-42(5-2)31-19-21-43(22-20-31)36(45)25-44-34-24-35(40(46)47)48-39(34)37(28-9-7-6-8-10-28)38(44)30-16-18-33-29(23-30)15-17-32(41-33)27-13-11-26(3)12-14-27/h6-18,23-24,31H,4-5,19-22,25H2,1-3H3,(H,46,47). The molecule has 6 aromatic rings. The van der Waals surface area contributed by atoms with Gasteiger partial charge in [0.05, 0.1) is 27.1 Å². The number of aromatic nitrogens is 2. The zero-order chi connectivity index (χ0) is 33.4. The molecule has 1 aliphatic rings. The molecule has 244 valence electrons. The quantitative estimate of drug-likeness (QED) is 0.169. The van der Waals surface area contributed by atoms with Crippen LogP contribution in [-0.2, 0) is 11.3 Å². The highest BCUT2D eigenvalue weighted by atomic mass is 32.1. The fourth-order valence-electron chi connectivity index (χ4n) is 7.18. The lowest BCUT2D eigenvalue weighted by atomic mass is 9.99. The smallest absolute Gasteiger partial charge is 0.345 e. The number of benzene rings is 3. The number of thiophene rings is 1. The number of carboxylic acids is 1. The number of aryl methyl sites for hydroxylation is 1. The van der Waals surface area contributed by atoms with Gasteiger partial charge in [0.2, 0.25) is 5.91 Å². The van der Waals surface area contributed by atoms with Crippen LogP contribution in [-0.4, -0.2) is 68.6 Å². The summed E-state index contributed by atoms with van der Waals surface area (Å²) in [7, 11) is 0. The van der Waals surface area contributed by atoms with Gasteiger partial charge >= 0.3 is 5.97 Å². The van der Waals surface area contributed by atoms with Crippen molar-refractivity contribution in [2.24, 2.45) is 0 Å². The Labute approximate surface area is 285 Å². The Bertz CT molecular complexity index is 2100. The van der Waals surface area contributed by atoms with Gasteiger partial charge in [-0.25, -0.2) is 9.78 Å². The van der Waals surface area contributed by atoms with Gasteiger partial charge in [0.15, 0.2) is 0 Å². The molecule has 7 nitrogen and oxygen atoms in total. The van der Waals surface area contributed by atoms with Gasteiger partial charge in [-0.1, -0.05) is 86.1 Å². The topological polar surface area (TPSA) is 78.7 Å². The maximum atomic E-state index is 14.1. The van der Waals surface area contributed by atoms with E-state index >= 15 is 0 Å².